The third-order valence-corrected chi connectivity index (χ3v) is 1.65. The molecular weight excluding hydrogens is 187 g/mol. The Morgan fingerprint density at radius 1 is 1.64 bits per heavy atom. The second kappa shape index (κ2) is 4.36. The summed E-state index contributed by atoms with van der Waals surface area (Å²) in [5, 5.41) is 3.18. The van der Waals surface area contributed by atoms with Crippen LogP contribution in [0.2, 0.25) is 0 Å². The average Bonchev–Trinajstić information content (AvgIpc) is 2.20. The molecule has 1 rings (SSSR count). The van der Waals surface area contributed by atoms with Gasteiger partial charge in [-0.25, -0.2) is 9.18 Å². The van der Waals surface area contributed by atoms with Crippen LogP contribution in [0.4, 0.5) is 4.39 Å². The molecule has 0 aliphatic rings. The highest BCUT2D eigenvalue weighted by molar-refractivity contribution is 5.92. The molecule has 0 spiro atoms. The zero-order chi connectivity index (χ0) is 10.6. The number of hydrazone groups is 1. The van der Waals surface area contributed by atoms with Crippen molar-refractivity contribution in [1.29, 1.82) is 0 Å². The molecule has 0 aliphatic heterocycles. The van der Waals surface area contributed by atoms with Gasteiger partial charge < -0.3 is 10.6 Å². The minimum absolute atomic E-state index is 0.134. The van der Waals surface area contributed by atoms with Gasteiger partial charge in [0.25, 0.3) is 0 Å². The van der Waals surface area contributed by atoms with Crippen molar-refractivity contribution in [3.63, 3.8) is 0 Å². The summed E-state index contributed by atoms with van der Waals surface area (Å²) in [7, 11) is 1.19. The first-order valence-corrected chi connectivity index (χ1v) is 3.80. The SMILES string of the molecule is COC(=O)c1cccc(C=NN)c1F. The number of ether oxygens (including phenoxy) is 1. The molecule has 1 aromatic carbocycles. The van der Waals surface area contributed by atoms with Gasteiger partial charge in [-0.3, -0.25) is 0 Å². The van der Waals surface area contributed by atoms with E-state index in [9.17, 15) is 9.18 Å². The molecule has 0 bridgehead atoms. The monoisotopic (exact) mass is 196 g/mol. The molecule has 0 aromatic heterocycles. The lowest BCUT2D eigenvalue weighted by molar-refractivity contribution is 0.0595. The number of hydrogen-bond acceptors (Lipinski definition) is 4. The van der Waals surface area contributed by atoms with E-state index in [0.29, 0.717) is 0 Å². The van der Waals surface area contributed by atoms with Crippen molar-refractivity contribution in [3.8, 4) is 0 Å². The second-order valence-electron chi connectivity index (χ2n) is 2.48. The molecule has 0 atom stereocenters. The van der Waals surface area contributed by atoms with Crippen LogP contribution >= 0.6 is 0 Å². The van der Waals surface area contributed by atoms with Crippen LogP contribution in [0.3, 0.4) is 0 Å². The Balaban J connectivity index is 3.20. The minimum atomic E-state index is -0.727. The Labute approximate surface area is 80.2 Å². The van der Waals surface area contributed by atoms with E-state index in [4.69, 9.17) is 5.84 Å². The van der Waals surface area contributed by atoms with Crippen LogP contribution in [-0.4, -0.2) is 19.3 Å². The van der Waals surface area contributed by atoms with E-state index in [1.165, 1.54) is 25.3 Å². The van der Waals surface area contributed by atoms with Crippen molar-refractivity contribution in [2.75, 3.05) is 7.11 Å². The lowest BCUT2D eigenvalue weighted by Crippen LogP contribution is -2.06. The Kier molecular flexibility index (Phi) is 3.17. The third-order valence-electron chi connectivity index (χ3n) is 1.65. The molecule has 2 N–H and O–H groups in total. The summed E-state index contributed by atoms with van der Waals surface area (Å²) in [6.07, 6.45) is 1.13. The zero-order valence-electron chi connectivity index (χ0n) is 7.53. The van der Waals surface area contributed by atoms with Crippen molar-refractivity contribution in [1.82, 2.24) is 0 Å². The first kappa shape index (κ1) is 10.2. The van der Waals surface area contributed by atoms with Crippen molar-refractivity contribution >= 4 is 12.2 Å². The Morgan fingerprint density at radius 3 is 2.93 bits per heavy atom. The predicted molar refractivity (Wildman–Crippen MR) is 49.5 cm³/mol. The second-order valence-corrected chi connectivity index (χ2v) is 2.48. The number of esters is 1. The number of benzene rings is 1. The highest BCUT2D eigenvalue weighted by atomic mass is 19.1. The number of carbonyl (C=O) groups is 1. The first-order valence-electron chi connectivity index (χ1n) is 3.80. The van der Waals surface area contributed by atoms with Gasteiger partial charge in [0.05, 0.1) is 18.9 Å². The van der Waals surface area contributed by atoms with Crippen LogP contribution in [0, 0.1) is 5.82 Å². The molecule has 14 heavy (non-hydrogen) atoms. The Hall–Kier alpha value is -1.91. The van der Waals surface area contributed by atoms with Crippen molar-refractivity contribution < 1.29 is 13.9 Å². The molecule has 0 radical (unpaired) electrons. The summed E-state index contributed by atoms with van der Waals surface area (Å²) in [5.41, 5.74) is 0.0142. The van der Waals surface area contributed by atoms with Gasteiger partial charge >= 0.3 is 5.97 Å². The van der Waals surface area contributed by atoms with E-state index < -0.39 is 11.8 Å². The smallest absolute Gasteiger partial charge is 0.340 e. The summed E-state index contributed by atoms with van der Waals surface area (Å²) in [6, 6.07) is 4.31. The van der Waals surface area contributed by atoms with E-state index in [-0.39, 0.29) is 11.1 Å². The van der Waals surface area contributed by atoms with Gasteiger partial charge in [0.15, 0.2) is 0 Å². The predicted octanol–water partition coefficient (Wildman–Crippen LogP) is 0.905. The zero-order valence-corrected chi connectivity index (χ0v) is 7.53. The van der Waals surface area contributed by atoms with E-state index in [0.717, 1.165) is 6.21 Å². The molecule has 0 heterocycles. The van der Waals surface area contributed by atoms with Crippen molar-refractivity contribution in [2.24, 2.45) is 10.9 Å². The lowest BCUT2D eigenvalue weighted by Gasteiger charge is -2.02. The number of rotatable bonds is 2. The van der Waals surface area contributed by atoms with Crippen LogP contribution in [0.15, 0.2) is 23.3 Å². The molecule has 4 nitrogen and oxygen atoms in total. The van der Waals surface area contributed by atoms with Crippen LogP contribution < -0.4 is 5.84 Å². The van der Waals surface area contributed by atoms with Crippen LogP contribution in [0.25, 0.3) is 0 Å². The molecule has 0 unspecified atom stereocenters. The summed E-state index contributed by atoms with van der Waals surface area (Å²) in [6.45, 7) is 0. The number of hydrogen-bond donors (Lipinski definition) is 1. The Bertz CT molecular complexity index is 377. The van der Waals surface area contributed by atoms with Gasteiger partial charge in [-0.2, -0.15) is 5.10 Å². The number of carbonyl (C=O) groups excluding carboxylic acids is 1. The van der Waals surface area contributed by atoms with Crippen molar-refractivity contribution in [2.45, 2.75) is 0 Å². The maximum atomic E-state index is 13.4. The van der Waals surface area contributed by atoms with Crippen LogP contribution in [0.5, 0.6) is 0 Å². The standard InChI is InChI=1S/C9H9FN2O2/c1-14-9(13)7-4-2-3-6(5-12-11)8(7)10/h2-5H,11H2,1H3. The average molecular weight is 196 g/mol. The van der Waals surface area contributed by atoms with Crippen LogP contribution in [-0.2, 0) is 4.74 Å². The molecule has 0 saturated carbocycles. The van der Waals surface area contributed by atoms with Gasteiger partial charge in [0, 0.05) is 5.56 Å². The lowest BCUT2D eigenvalue weighted by atomic mass is 10.1. The molecule has 0 aliphatic carbocycles. The molecule has 0 amide bonds. The summed E-state index contributed by atoms with van der Waals surface area (Å²) in [4.78, 5) is 11.1. The number of nitrogens with zero attached hydrogens (tertiary/aromatic N) is 1. The van der Waals surface area contributed by atoms with E-state index in [1.54, 1.807) is 0 Å². The van der Waals surface area contributed by atoms with Crippen LogP contribution in [0.1, 0.15) is 15.9 Å². The summed E-state index contributed by atoms with van der Waals surface area (Å²) in [5.74, 6) is 3.46. The fraction of sp³-hybridized carbons (Fsp3) is 0.111. The highest BCUT2D eigenvalue weighted by Crippen LogP contribution is 2.12. The van der Waals surface area contributed by atoms with E-state index >= 15 is 0 Å². The maximum Gasteiger partial charge on any atom is 0.340 e. The molecule has 0 saturated heterocycles. The van der Waals surface area contributed by atoms with Gasteiger partial charge in [0.1, 0.15) is 5.82 Å². The van der Waals surface area contributed by atoms with Gasteiger partial charge in [-0.1, -0.05) is 12.1 Å². The maximum absolute atomic E-state index is 13.4. The normalized spacial score (nSPS) is 10.4. The van der Waals surface area contributed by atoms with Gasteiger partial charge in [0.2, 0.25) is 0 Å². The molecular formula is C9H9FN2O2. The fourth-order valence-electron chi connectivity index (χ4n) is 0.997. The number of halogens is 1. The van der Waals surface area contributed by atoms with E-state index in [1.807, 2.05) is 0 Å². The van der Waals surface area contributed by atoms with E-state index in [2.05, 4.69) is 9.84 Å². The van der Waals surface area contributed by atoms with Gasteiger partial charge in [-0.15, -0.1) is 0 Å². The molecule has 0 fully saturated rings. The molecule has 74 valence electrons. The summed E-state index contributed by atoms with van der Waals surface area (Å²) >= 11 is 0. The third kappa shape index (κ3) is 1.87. The van der Waals surface area contributed by atoms with Crippen molar-refractivity contribution in [3.05, 3.63) is 35.1 Å². The largest absolute Gasteiger partial charge is 0.465 e. The highest BCUT2D eigenvalue weighted by Gasteiger charge is 2.13. The molecule has 5 heteroatoms. The summed E-state index contributed by atoms with van der Waals surface area (Å²) < 4.78 is 17.8. The minimum Gasteiger partial charge on any atom is -0.465 e. The fourth-order valence-corrected chi connectivity index (χ4v) is 0.997. The quantitative estimate of drug-likeness (QED) is 0.331. The topological polar surface area (TPSA) is 64.7 Å². The number of methoxy groups -OCH3 is 1. The number of nitrogens with two attached hydrogens (primary N) is 1. The van der Waals surface area contributed by atoms with Gasteiger partial charge in [-0.05, 0) is 6.07 Å². The Morgan fingerprint density at radius 2 is 2.36 bits per heavy atom. The molecule has 1 aromatic rings. The first-order chi connectivity index (χ1) is 6.70.